The fraction of sp³-hybridized carbons (Fsp3) is 0.273. The quantitative estimate of drug-likeness (QED) is 0.869. The van der Waals surface area contributed by atoms with Crippen molar-refractivity contribution in [2.45, 2.75) is 19.8 Å². The number of anilines is 1. The van der Waals surface area contributed by atoms with Gasteiger partial charge in [-0.1, -0.05) is 18.6 Å². The van der Waals surface area contributed by atoms with E-state index in [9.17, 15) is 4.39 Å². The summed E-state index contributed by atoms with van der Waals surface area (Å²) in [6.45, 7) is 2.06. The van der Waals surface area contributed by atoms with Gasteiger partial charge in [0, 0.05) is 3.57 Å². The number of benzene rings is 1. The molecule has 0 saturated heterocycles. The summed E-state index contributed by atoms with van der Waals surface area (Å²) in [6, 6.07) is 4.55. The van der Waals surface area contributed by atoms with Crippen LogP contribution in [0, 0.1) is 9.39 Å². The number of halogens is 2. The van der Waals surface area contributed by atoms with E-state index in [1.54, 1.807) is 10.7 Å². The van der Waals surface area contributed by atoms with Crippen LogP contribution in [-0.4, -0.2) is 15.0 Å². The summed E-state index contributed by atoms with van der Waals surface area (Å²) in [5.74, 6) is 0.176. The molecule has 17 heavy (non-hydrogen) atoms. The zero-order valence-corrected chi connectivity index (χ0v) is 11.5. The van der Waals surface area contributed by atoms with Crippen LogP contribution in [0.15, 0.2) is 18.2 Å². The van der Waals surface area contributed by atoms with E-state index < -0.39 is 0 Å². The fourth-order valence-corrected chi connectivity index (χ4v) is 2.34. The van der Waals surface area contributed by atoms with Gasteiger partial charge < -0.3 is 5.73 Å². The molecule has 0 aliphatic heterocycles. The van der Waals surface area contributed by atoms with Crippen molar-refractivity contribution in [1.82, 2.24) is 15.0 Å². The Hall–Kier alpha value is -1.18. The molecule has 0 aliphatic rings. The van der Waals surface area contributed by atoms with Crippen molar-refractivity contribution in [3.05, 3.63) is 33.3 Å². The number of hydrogen-bond donors (Lipinski definition) is 1. The number of nitrogens with two attached hydrogens (primary N) is 1. The molecule has 2 N–H and O–H groups in total. The number of aromatic nitrogens is 3. The number of hydrogen-bond acceptors (Lipinski definition) is 3. The lowest BCUT2D eigenvalue weighted by Gasteiger charge is -2.07. The summed E-state index contributed by atoms with van der Waals surface area (Å²) >= 11 is 2.07. The van der Waals surface area contributed by atoms with Crippen molar-refractivity contribution in [3.63, 3.8) is 0 Å². The van der Waals surface area contributed by atoms with Crippen molar-refractivity contribution in [3.8, 4) is 5.69 Å². The fourth-order valence-electron chi connectivity index (χ4n) is 1.63. The standard InChI is InChI=1S/C11H12FIN4/c1-2-3-10-11(14)15-16-17(10)9-5-4-7(12)6-8(9)13/h4-6H,2-3,14H2,1H3. The first-order valence-corrected chi connectivity index (χ1v) is 6.36. The molecule has 0 unspecified atom stereocenters. The van der Waals surface area contributed by atoms with Crippen molar-refractivity contribution in [2.24, 2.45) is 0 Å². The zero-order chi connectivity index (χ0) is 12.4. The third kappa shape index (κ3) is 2.41. The van der Waals surface area contributed by atoms with Gasteiger partial charge in [0.05, 0.1) is 11.4 Å². The van der Waals surface area contributed by atoms with E-state index in [2.05, 4.69) is 39.8 Å². The highest BCUT2D eigenvalue weighted by molar-refractivity contribution is 14.1. The lowest BCUT2D eigenvalue weighted by Crippen LogP contribution is -2.05. The van der Waals surface area contributed by atoms with Crippen LogP contribution < -0.4 is 5.73 Å². The monoisotopic (exact) mass is 346 g/mol. The Morgan fingerprint density at radius 1 is 1.47 bits per heavy atom. The van der Waals surface area contributed by atoms with Gasteiger partial charge >= 0.3 is 0 Å². The van der Waals surface area contributed by atoms with E-state index in [4.69, 9.17) is 5.73 Å². The Bertz CT molecular complexity index is 538. The van der Waals surface area contributed by atoms with Crippen molar-refractivity contribution < 1.29 is 4.39 Å². The molecule has 0 fully saturated rings. The van der Waals surface area contributed by atoms with Gasteiger partial charge in [-0.2, -0.15) is 0 Å². The van der Waals surface area contributed by atoms with Crippen LogP contribution in [0.3, 0.4) is 0 Å². The molecule has 90 valence electrons. The molecule has 1 aromatic carbocycles. The van der Waals surface area contributed by atoms with Gasteiger partial charge in [-0.25, -0.2) is 9.07 Å². The maximum atomic E-state index is 13.0. The molecule has 0 aliphatic carbocycles. The third-order valence-electron chi connectivity index (χ3n) is 2.42. The summed E-state index contributed by atoms with van der Waals surface area (Å²) in [5, 5.41) is 7.88. The third-order valence-corrected chi connectivity index (χ3v) is 3.28. The molecule has 0 spiro atoms. The summed E-state index contributed by atoms with van der Waals surface area (Å²) in [6.07, 6.45) is 1.75. The van der Waals surface area contributed by atoms with Crippen LogP contribution in [0.25, 0.3) is 5.69 Å². The van der Waals surface area contributed by atoms with Gasteiger partial charge in [-0.15, -0.1) is 5.10 Å². The first-order chi connectivity index (χ1) is 8.13. The Balaban J connectivity index is 2.52. The summed E-state index contributed by atoms with van der Waals surface area (Å²) in [4.78, 5) is 0. The lowest BCUT2D eigenvalue weighted by molar-refractivity contribution is 0.625. The van der Waals surface area contributed by atoms with Crippen molar-refractivity contribution >= 4 is 28.4 Å². The molecule has 4 nitrogen and oxygen atoms in total. The van der Waals surface area contributed by atoms with E-state index in [-0.39, 0.29) is 5.82 Å². The van der Waals surface area contributed by atoms with Gasteiger partial charge in [-0.3, -0.25) is 0 Å². The first kappa shape index (κ1) is 12.3. The molecular weight excluding hydrogens is 334 g/mol. The molecule has 1 aromatic heterocycles. The Kier molecular flexibility index (Phi) is 3.60. The van der Waals surface area contributed by atoms with E-state index >= 15 is 0 Å². The molecule has 0 radical (unpaired) electrons. The second-order valence-corrected chi connectivity index (χ2v) is 4.84. The van der Waals surface area contributed by atoms with Gasteiger partial charge in [0.1, 0.15) is 5.82 Å². The van der Waals surface area contributed by atoms with E-state index in [0.29, 0.717) is 5.82 Å². The van der Waals surface area contributed by atoms with Crippen LogP contribution in [0.4, 0.5) is 10.2 Å². The summed E-state index contributed by atoms with van der Waals surface area (Å²) < 4.78 is 15.5. The summed E-state index contributed by atoms with van der Waals surface area (Å²) in [5.41, 5.74) is 7.45. The molecule has 0 amide bonds. The predicted molar refractivity (Wildman–Crippen MR) is 72.4 cm³/mol. The number of rotatable bonds is 3. The highest BCUT2D eigenvalue weighted by atomic mass is 127. The Morgan fingerprint density at radius 3 is 2.88 bits per heavy atom. The highest BCUT2D eigenvalue weighted by Crippen LogP contribution is 2.21. The van der Waals surface area contributed by atoms with Crippen LogP contribution in [0.1, 0.15) is 19.0 Å². The minimum Gasteiger partial charge on any atom is -0.381 e. The molecule has 0 atom stereocenters. The Labute approximate surface area is 112 Å². The van der Waals surface area contributed by atoms with Crippen LogP contribution in [0.5, 0.6) is 0 Å². The van der Waals surface area contributed by atoms with Gasteiger partial charge in [0.2, 0.25) is 0 Å². The van der Waals surface area contributed by atoms with Crippen LogP contribution >= 0.6 is 22.6 Å². The van der Waals surface area contributed by atoms with Gasteiger partial charge in [0.15, 0.2) is 5.82 Å². The van der Waals surface area contributed by atoms with Crippen molar-refractivity contribution in [1.29, 1.82) is 0 Å². The molecular formula is C11H12FIN4. The van der Waals surface area contributed by atoms with Gasteiger partial charge in [0.25, 0.3) is 0 Å². The minimum absolute atomic E-state index is 0.261. The summed E-state index contributed by atoms with van der Waals surface area (Å²) in [7, 11) is 0. The molecule has 2 aromatic rings. The molecule has 0 saturated carbocycles. The lowest BCUT2D eigenvalue weighted by atomic mass is 10.2. The van der Waals surface area contributed by atoms with Crippen LogP contribution in [0.2, 0.25) is 0 Å². The number of nitrogens with zero attached hydrogens (tertiary/aromatic N) is 3. The van der Waals surface area contributed by atoms with Gasteiger partial charge in [-0.05, 0) is 47.2 Å². The van der Waals surface area contributed by atoms with Crippen molar-refractivity contribution in [2.75, 3.05) is 5.73 Å². The second kappa shape index (κ2) is 4.99. The topological polar surface area (TPSA) is 56.7 Å². The first-order valence-electron chi connectivity index (χ1n) is 5.29. The second-order valence-electron chi connectivity index (χ2n) is 3.68. The molecule has 0 bridgehead atoms. The normalized spacial score (nSPS) is 10.8. The number of nitrogen functional groups attached to an aromatic ring is 1. The predicted octanol–water partition coefficient (Wildman–Crippen LogP) is 2.55. The molecule has 1 heterocycles. The smallest absolute Gasteiger partial charge is 0.169 e. The Morgan fingerprint density at radius 2 is 2.24 bits per heavy atom. The average molecular weight is 346 g/mol. The minimum atomic E-state index is -0.261. The maximum Gasteiger partial charge on any atom is 0.169 e. The molecule has 2 rings (SSSR count). The molecule has 6 heteroatoms. The zero-order valence-electron chi connectivity index (χ0n) is 9.32. The largest absolute Gasteiger partial charge is 0.381 e. The van der Waals surface area contributed by atoms with E-state index in [1.165, 1.54) is 12.1 Å². The van der Waals surface area contributed by atoms with Crippen LogP contribution in [-0.2, 0) is 6.42 Å². The maximum absolute atomic E-state index is 13.0. The van der Waals surface area contributed by atoms with E-state index in [0.717, 1.165) is 27.8 Å². The average Bonchev–Trinajstić information content (AvgIpc) is 2.62. The van der Waals surface area contributed by atoms with E-state index in [1.807, 2.05) is 0 Å². The highest BCUT2D eigenvalue weighted by Gasteiger charge is 2.13. The SMILES string of the molecule is CCCc1c(N)nnn1-c1ccc(F)cc1I.